The van der Waals surface area contributed by atoms with Crippen molar-refractivity contribution in [2.24, 2.45) is 4.99 Å². The van der Waals surface area contributed by atoms with Crippen LogP contribution < -0.4 is 5.32 Å². The zero-order valence-electron chi connectivity index (χ0n) is 15.6. The van der Waals surface area contributed by atoms with Crippen molar-refractivity contribution in [3.63, 3.8) is 0 Å². The maximum absolute atomic E-state index is 13.1. The summed E-state index contributed by atoms with van der Waals surface area (Å²) < 4.78 is 64.0. The maximum Gasteiger partial charge on any atom is 0.183 e. The smallest absolute Gasteiger partial charge is 0.183 e. The fraction of sp³-hybridized carbons (Fsp3) is 0.467. The molecular formula is C15H24BrF6N3S. The lowest BCUT2D eigenvalue weighted by molar-refractivity contribution is 0.572. The number of nitriles is 1. The number of benzene rings is 1. The summed E-state index contributed by atoms with van der Waals surface area (Å²) in [4.78, 5) is 3.87. The van der Waals surface area contributed by atoms with Crippen molar-refractivity contribution in [3.8, 4) is 6.19 Å². The number of nitrogens with one attached hydrogen (secondary N) is 1. The highest BCUT2D eigenvalue weighted by molar-refractivity contribution is 9.10. The minimum atomic E-state index is -0.740. The van der Waals surface area contributed by atoms with Crippen LogP contribution in [0, 0.1) is 23.1 Å². The van der Waals surface area contributed by atoms with Gasteiger partial charge in [-0.25, -0.2) is 13.8 Å². The topological polar surface area (TPSA) is 48.2 Å². The van der Waals surface area contributed by atoms with Crippen LogP contribution in [0.25, 0.3) is 0 Å². The molecule has 1 aromatic rings. The van der Waals surface area contributed by atoms with E-state index in [1.807, 2.05) is 13.8 Å². The lowest BCUT2D eigenvalue weighted by Crippen LogP contribution is -2.12. The summed E-state index contributed by atoms with van der Waals surface area (Å²) in [6.45, 7) is 4.00. The summed E-state index contributed by atoms with van der Waals surface area (Å²) >= 11 is 3.92. The number of halogens is 7. The van der Waals surface area contributed by atoms with E-state index in [0.29, 0.717) is 28.7 Å². The maximum atomic E-state index is 13.1. The van der Waals surface area contributed by atoms with E-state index < -0.39 is 11.6 Å². The number of rotatable bonds is 1. The molecule has 0 saturated heterocycles. The molecule has 0 aliphatic rings. The second-order valence-electron chi connectivity index (χ2n) is 2.58. The quantitative estimate of drug-likeness (QED) is 0.127. The summed E-state index contributed by atoms with van der Waals surface area (Å²) in [6, 6.07) is 2.14. The van der Waals surface area contributed by atoms with Gasteiger partial charge in [0.2, 0.25) is 0 Å². The van der Waals surface area contributed by atoms with Crippen molar-refractivity contribution >= 4 is 38.5 Å². The van der Waals surface area contributed by atoms with Gasteiger partial charge in [-0.15, -0.1) is 0 Å². The number of amidine groups is 1. The van der Waals surface area contributed by atoms with Gasteiger partial charge < -0.3 is 0 Å². The van der Waals surface area contributed by atoms with Crippen LogP contribution in [0.2, 0.25) is 0 Å². The Morgan fingerprint density at radius 3 is 1.62 bits per heavy atom. The molecule has 0 unspecified atom stereocenters. The van der Waals surface area contributed by atoms with Crippen molar-refractivity contribution in [1.29, 1.82) is 5.26 Å². The first-order chi connectivity index (χ1) is 12.6. The van der Waals surface area contributed by atoms with Crippen molar-refractivity contribution in [2.75, 3.05) is 35.0 Å². The largest absolute Gasteiger partial charge is 0.271 e. The van der Waals surface area contributed by atoms with E-state index in [-0.39, 0.29) is 15.3 Å². The Hall–Kier alpha value is -1.41. The van der Waals surface area contributed by atoms with E-state index in [2.05, 4.69) is 26.2 Å². The number of nitrogens with zero attached hydrogens (tertiary/aromatic N) is 2. The lowest BCUT2D eigenvalue weighted by atomic mass is 10.3. The molecule has 0 saturated carbocycles. The monoisotopic (exact) mass is 471 g/mol. The Kier molecular flexibility index (Phi) is 43.0. The highest BCUT2D eigenvalue weighted by Crippen LogP contribution is 2.25. The molecule has 0 spiro atoms. The lowest BCUT2D eigenvalue weighted by Gasteiger charge is -2.02. The molecule has 154 valence electrons. The SMILES string of the molecule is CC.CF.CF.CF.CF.CSC(=Nc1cc(F)c(Br)c(F)c1)NC#N. The normalized spacial score (nSPS) is 7.96. The van der Waals surface area contributed by atoms with E-state index in [1.54, 1.807) is 12.4 Å². The molecule has 0 heterocycles. The average molecular weight is 472 g/mol. The number of alkyl halides is 4. The summed E-state index contributed by atoms with van der Waals surface area (Å²) in [5, 5.41) is 11.0. The predicted octanol–water partition coefficient (Wildman–Crippen LogP) is 6.52. The standard InChI is InChI=1S/C9H6BrF2N3S.C2H6.4CH3F/c1-16-9(14-4-13)15-5-2-6(11)8(10)7(12)3-5;5*1-2/h2-3H,1H3,(H,14,15);1-2H3;4*1H3. The molecule has 11 heteroatoms. The molecule has 0 atom stereocenters. The van der Waals surface area contributed by atoms with E-state index >= 15 is 0 Å². The van der Waals surface area contributed by atoms with E-state index in [9.17, 15) is 26.3 Å². The Balaban J connectivity index is -0.000000127. The zero-order valence-corrected chi connectivity index (χ0v) is 18.0. The fourth-order valence-corrected chi connectivity index (χ4v) is 1.47. The molecule has 0 aromatic heterocycles. The van der Waals surface area contributed by atoms with Gasteiger partial charge in [-0.1, -0.05) is 25.6 Å². The molecule has 26 heavy (non-hydrogen) atoms. The van der Waals surface area contributed by atoms with Gasteiger partial charge in [-0.2, -0.15) is 5.26 Å². The third kappa shape index (κ3) is 18.9. The molecule has 0 amide bonds. The fourth-order valence-electron chi connectivity index (χ4n) is 0.896. The van der Waals surface area contributed by atoms with E-state index in [4.69, 9.17) is 5.26 Å². The van der Waals surface area contributed by atoms with Crippen LogP contribution in [0.4, 0.5) is 32.0 Å². The van der Waals surface area contributed by atoms with Crippen LogP contribution in [0.15, 0.2) is 21.6 Å². The average Bonchev–Trinajstić information content (AvgIpc) is 2.73. The van der Waals surface area contributed by atoms with Gasteiger partial charge in [-0.05, 0) is 22.2 Å². The van der Waals surface area contributed by atoms with Gasteiger partial charge in [0, 0.05) is 12.1 Å². The van der Waals surface area contributed by atoms with Gasteiger partial charge in [0.1, 0.15) is 11.6 Å². The predicted molar refractivity (Wildman–Crippen MR) is 103 cm³/mol. The first kappa shape index (κ1) is 35.7. The first-order valence-corrected chi connectivity index (χ1v) is 8.53. The van der Waals surface area contributed by atoms with Crippen LogP contribution in [-0.4, -0.2) is 40.1 Å². The first-order valence-electron chi connectivity index (χ1n) is 6.52. The highest BCUT2D eigenvalue weighted by Gasteiger charge is 2.08. The zero-order chi connectivity index (χ0) is 22.1. The third-order valence-corrected chi connectivity index (χ3v) is 2.89. The summed E-state index contributed by atoms with van der Waals surface area (Å²) in [5.41, 5.74) is 0.102. The molecule has 0 fully saturated rings. The molecule has 0 aliphatic heterocycles. The molecule has 1 aromatic carbocycles. The van der Waals surface area contributed by atoms with Gasteiger partial charge >= 0.3 is 0 Å². The molecule has 0 bridgehead atoms. The van der Waals surface area contributed by atoms with Gasteiger partial charge in [0.15, 0.2) is 11.4 Å². The highest BCUT2D eigenvalue weighted by atomic mass is 79.9. The Morgan fingerprint density at radius 2 is 1.35 bits per heavy atom. The van der Waals surface area contributed by atoms with Gasteiger partial charge in [0.25, 0.3) is 0 Å². The van der Waals surface area contributed by atoms with Crippen molar-refractivity contribution in [3.05, 3.63) is 28.2 Å². The van der Waals surface area contributed by atoms with Crippen molar-refractivity contribution in [1.82, 2.24) is 5.32 Å². The molecule has 1 N–H and O–H groups in total. The van der Waals surface area contributed by atoms with Crippen LogP contribution in [-0.2, 0) is 0 Å². The molecule has 3 nitrogen and oxygen atoms in total. The molecule has 0 aliphatic carbocycles. The summed E-state index contributed by atoms with van der Waals surface area (Å²) in [6.07, 6.45) is 3.37. The Morgan fingerprint density at radius 1 is 1.00 bits per heavy atom. The van der Waals surface area contributed by atoms with E-state index in [1.165, 1.54) is 11.8 Å². The second-order valence-corrected chi connectivity index (χ2v) is 4.17. The van der Waals surface area contributed by atoms with Crippen LogP contribution in [0.1, 0.15) is 13.8 Å². The van der Waals surface area contributed by atoms with Gasteiger partial charge in [0.05, 0.1) is 38.9 Å². The minimum absolute atomic E-state index is 0.102. The van der Waals surface area contributed by atoms with Crippen LogP contribution in [0.5, 0.6) is 0 Å². The van der Waals surface area contributed by atoms with E-state index in [0.717, 1.165) is 12.1 Å². The Bertz CT molecular complexity index is 462. The number of thioether (sulfide) groups is 1. The summed E-state index contributed by atoms with van der Waals surface area (Å²) in [5.74, 6) is -1.48. The third-order valence-electron chi connectivity index (χ3n) is 1.56. The number of hydrogen-bond donors (Lipinski definition) is 1. The van der Waals surface area contributed by atoms with Crippen molar-refractivity contribution < 1.29 is 26.3 Å². The molecule has 0 radical (unpaired) electrons. The number of hydrogen-bond acceptors (Lipinski definition) is 3. The van der Waals surface area contributed by atoms with Gasteiger partial charge in [-0.3, -0.25) is 22.9 Å². The van der Waals surface area contributed by atoms with Crippen LogP contribution >= 0.6 is 27.7 Å². The second kappa shape index (κ2) is 31.4. The Labute approximate surface area is 164 Å². The molecular weight excluding hydrogens is 448 g/mol. The van der Waals surface area contributed by atoms with Crippen LogP contribution in [0.3, 0.4) is 0 Å². The van der Waals surface area contributed by atoms with Crippen molar-refractivity contribution in [2.45, 2.75) is 13.8 Å². The molecule has 1 rings (SSSR count). The summed E-state index contributed by atoms with van der Waals surface area (Å²) in [7, 11) is 2.00. The minimum Gasteiger partial charge on any atom is -0.271 e. The number of aliphatic imine (C=N–C) groups is 1.